The summed E-state index contributed by atoms with van der Waals surface area (Å²) in [7, 11) is 3.26. The van der Waals surface area contributed by atoms with Gasteiger partial charge in [0, 0.05) is 26.8 Å². The molecule has 0 unspecified atom stereocenters. The van der Waals surface area contributed by atoms with Crippen LogP contribution in [0.5, 0.6) is 0 Å². The summed E-state index contributed by atoms with van der Waals surface area (Å²) in [5.41, 5.74) is -0.616. The molecule has 1 rings (SSSR count). The van der Waals surface area contributed by atoms with Crippen LogP contribution in [-0.4, -0.2) is 49.0 Å². The number of carbonyl (C=O) groups is 3. The Balaban J connectivity index is 2.90. The molecule has 0 saturated heterocycles. The van der Waals surface area contributed by atoms with Crippen LogP contribution in [-0.2, 0) is 19.1 Å². The van der Waals surface area contributed by atoms with Crippen molar-refractivity contribution < 1.29 is 19.1 Å². The Morgan fingerprint density at radius 2 is 1.84 bits per heavy atom. The van der Waals surface area contributed by atoms with Gasteiger partial charge in [-0.2, -0.15) is 0 Å². The summed E-state index contributed by atoms with van der Waals surface area (Å²) in [4.78, 5) is 36.6. The van der Waals surface area contributed by atoms with Gasteiger partial charge in [-0.15, -0.1) is 0 Å². The van der Waals surface area contributed by atoms with Crippen molar-refractivity contribution >= 4 is 28.7 Å². The molecule has 1 fully saturated rings. The zero-order valence-electron chi connectivity index (χ0n) is 16.0. The zero-order valence-corrected chi connectivity index (χ0v) is 16.8. The monoisotopic (exact) mass is 372 g/mol. The molecule has 144 valence electrons. The third-order valence-corrected chi connectivity index (χ3v) is 5.94. The molecule has 1 atom stereocenters. The smallest absolute Gasteiger partial charge is 0.242 e. The number of carbonyl (C=O) groups excluding carboxylic acids is 3. The number of methoxy groups -OCH3 is 1. The Bertz CT molecular complexity index is 474. The Labute approximate surface area is 155 Å². The van der Waals surface area contributed by atoms with Crippen molar-refractivity contribution in [3.05, 3.63) is 0 Å². The van der Waals surface area contributed by atoms with Gasteiger partial charge in [0.1, 0.15) is 6.04 Å². The average molecular weight is 373 g/mol. The number of hydrogen-bond donors (Lipinski definition) is 2. The minimum absolute atomic E-state index is 0.00562. The van der Waals surface area contributed by atoms with Crippen LogP contribution in [0, 0.1) is 11.3 Å². The molecule has 0 spiro atoms. The number of hydrogen-bond acceptors (Lipinski definition) is 5. The summed E-state index contributed by atoms with van der Waals surface area (Å²) in [5.74, 6) is 0.439. The molecule has 7 heteroatoms. The van der Waals surface area contributed by atoms with Gasteiger partial charge >= 0.3 is 0 Å². The number of likely N-dealkylation sites (N-methyl/N-ethyl adjacent to an activating group) is 1. The SMILES string of the molecule is CNC(=O)[C@H](CC(C)C)NC(=O)C1(CSC(C)=O)CCC(OC)CC1. The van der Waals surface area contributed by atoms with Crippen molar-refractivity contribution in [1.82, 2.24) is 10.6 Å². The normalized spacial score (nSPS) is 24.6. The van der Waals surface area contributed by atoms with E-state index in [4.69, 9.17) is 4.74 Å². The fraction of sp³-hybridized carbons (Fsp3) is 0.833. The molecule has 1 saturated carbocycles. The van der Waals surface area contributed by atoms with Gasteiger partial charge in [0.2, 0.25) is 11.8 Å². The van der Waals surface area contributed by atoms with E-state index >= 15 is 0 Å². The summed E-state index contributed by atoms with van der Waals surface area (Å²) in [6.07, 6.45) is 3.66. The molecule has 6 nitrogen and oxygen atoms in total. The molecule has 0 aromatic rings. The van der Waals surface area contributed by atoms with Gasteiger partial charge in [0.25, 0.3) is 0 Å². The van der Waals surface area contributed by atoms with Crippen molar-refractivity contribution in [3.8, 4) is 0 Å². The van der Waals surface area contributed by atoms with Gasteiger partial charge < -0.3 is 15.4 Å². The van der Waals surface area contributed by atoms with E-state index < -0.39 is 11.5 Å². The molecule has 0 bridgehead atoms. The second-order valence-electron chi connectivity index (χ2n) is 7.27. The number of ether oxygens (including phenoxy) is 1. The highest BCUT2D eigenvalue weighted by Crippen LogP contribution is 2.40. The van der Waals surface area contributed by atoms with Crippen molar-refractivity contribution in [3.63, 3.8) is 0 Å². The number of nitrogens with one attached hydrogen (secondary N) is 2. The molecule has 0 aromatic carbocycles. The van der Waals surface area contributed by atoms with Crippen molar-refractivity contribution in [2.75, 3.05) is 19.9 Å². The lowest BCUT2D eigenvalue weighted by Crippen LogP contribution is -2.53. The second kappa shape index (κ2) is 10.2. The summed E-state index contributed by atoms with van der Waals surface area (Å²) < 4.78 is 5.41. The van der Waals surface area contributed by atoms with E-state index in [0.717, 1.165) is 12.8 Å². The van der Waals surface area contributed by atoms with Crippen LogP contribution < -0.4 is 10.6 Å². The van der Waals surface area contributed by atoms with Crippen molar-refractivity contribution in [2.24, 2.45) is 11.3 Å². The maximum Gasteiger partial charge on any atom is 0.242 e. The van der Waals surface area contributed by atoms with Crippen LogP contribution in [0.15, 0.2) is 0 Å². The lowest BCUT2D eigenvalue weighted by atomic mass is 9.73. The van der Waals surface area contributed by atoms with Crippen LogP contribution >= 0.6 is 11.8 Å². The summed E-state index contributed by atoms with van der Waals surface area (Å²) in [5, 5.41) is 5.58. The van der Waals surface area contributed by atoms with E-state index in [0.29, 0.717) is 25.0 Å². The third-order valence-electron chi connectivity index (χ3n) is 4.83. The van der Waals surface area contributed by atoms with E-state index in [1.165, 1.54) is 18.7 Å². The minimum Gasteiger partial charge on any atom is -0.381 e. The maximum atomic E-state index is 13.1. The molecule has 0 aliphatic heterocycles. The largest absolute Gasteiger partial charge is 0.381 e. The van der Waals surface area contributed by atoms with E-state index in [2.05, 4.69) is 10.6 Å². The standard InChI is InChI=1S/C18H32N2O4S/c1-12(2)10-15(16(22)19-4)20-17(23)18(11-25-13(3)21)8-6-14(24-5)7-9-18/h12,14-15H,6-11H2,1-5H3,(H,19,22)(H,20,23)/t14?,15-,18?/m0/s1. The first-order valence-electron chi connectivity index (χ1n) is 8.92. The fourth-order valence-corrected chi connectivity index (χ4v) is 4.14. The Morgan fingerprint density at radius 3 is 2.28 bits per heavy atom. The predicted octanol–water partition coefficient (Wildman–Crippen LogP) is 2.12. The highest BCUT2D eigenvalue weighted by Gasteiger charge is 2.43. The van der Waals surface area contributed by atoms with Gasteiger partial charge in [-0.3, -0.25) is 14.4 Å². The summed E-state index contributed by atoms with van der Waals surface area (Å²) >= 11 is 1.19. The Morgan fingerprint density at radius 1 is 1.24 bits per heavy atom. The highest BCUT2D eigenvalue weighted by atomic mass is 32.2. The Kier molecular flexibility index (Phi) is 8.93. The van der Waals surface area contributed by atoms with Crippen molar-refractivity contribution in [1.29, 1.82) is 0 Å². The predicted molar refractivity (Wildman–Crippen MR) is 100 cm³/mol. The second-order valence-corrected chi connectivity index (χ2v) is 8.42. The molecule has 2 amide bonds. The van der Waals surface area contributed by atoms with Crippen LogP contribution in [0.1, 0.15) is 52.9 Å². The zero-order chi connectivity index (χ0) is 19.0. The molecule has 1 aliphatic carbocycles. The highest BCUT2D eigenvalue weighted by molar-refractivity contribution is 8.13. The molecule has 1 aliphatic rings. The lowest BCUT2D eigenvalue weighted by Gasteiger charge is -2.39. The first-order chi connectivity index (χ1) is 11.7. The van der Waals surface area contributed by atoms with Gasteiger partial charge in [-0.25, -0.2) is 0 Å². The first kappa shape index (κ1) is 22.0. The lowest BCUT2D eigenvalue weighted by molar-refractivity contribution is -0.137. The van der Waals surface area contributed by atoms with E-state index in [1.54, 1.807) is 14.2 Å². The minimum atomic E-state index is -0.616. The third kappa shape index (κ3) is 6.62. The number of amides is 2. The fourth-order valence-electron chi connectivity index (χ4n) is 3.24. The molecule has 25 heavy (non-hydrogen) atoms. The van der Waals surface area contributed by atoms with E-state index in [9.17, 15) is 14.4 Å². The molecule has 0 aromatic heterocycles. The summed E-state index contributed by atoms with van der Waals surface area (Å²) in [6.45, 7) is 5.56. The first-order valence-corrected chi connectivity index (χ1v) is 9.91. The number of rotatable bonds is 8. The summed E-state index contributed by atoms with van der Waals surface area (Å²) in [6, 6.07) is -0.545. The average Bonchev–Trinajstić information content (AvgIpc) is 2.58. The molecular formula is C18H32N2O4S. The van der Waals surface area contributed by atoms with Gasteiger partial charge in [-0.1, -0.05) is 25.6 Å². The Hall–Kier alpha value is -1.08. The quantitative estimate of drug-likeness (QED) is 0.682. The van der Waals surface area contributed by atoms with Crippen LogP contribution in [0.3, 0.4) is 0 Å². The van der Waals surface area contributed by atoms with E-state index in [-0.39, 0.29) is 29.0 Å². The molecule has 0 radical (unpaired) electrons. The number of thioether (sulfide) groups is 1. The van der Waals surface area contributed by atoms with Crippen molar-refractivity contribution in [2.45, 2.75) is 65.0 Å². The van der Waals surface area contributed by atoms with Crippen LogP contribution in [0.2, 0.25) is 0 Å². The van der Waals surface area contributed by atoms with Crippen LogP contribution in [0.25, 0.3) is 0 Å². The van der Waals surface area contributed by atoms with E-state index in [1.807, 2.05) is 13.8 Å². The molecule has 0 heterocycles. The maximum absolute atomic E-state index is 13.1. The van der Waals surface area contributed by atoms with Gasteiger partial charge in [-0.05, 0) is 38.0 Å². The van der Waals surface area contributed by atoms with Gasteiger partial charge in [0.15, 0.2) is 5.12 Å². The van der Waals surface area contributed by atoms with Crippen LogP contribution in [0.4, 0.5) is 0 Å². The molecular weight excluding hydrogens is 340 g/mol. The molecule has 2 N–H and O–H groups in total. The van der Waals surface area contributed by atoms with Gasteiger partial charge in [0.05, 0.1) is 11.5 Å². The topological polar surface area (TPSA) is 84.5 Å².